The van der Waals surface area contributed by atoms with Gasteiger partial charge in [0, 0.05) is 18.3 Å². The maximum atomic E-state index is 13.2. The minimum Gasteiger partial charge on any atom is -0.330 e. The van der Waals surface area contributed by atoms with Gasteiger partial charge >= 0.3 is 0 Å². The van der Waals surface area contributed by atoms with Crippen molar-refractivity contribution in [1.82, 2.24) is 0 Å². The van der Waals surface area contributed by atoms with E-state index in [9.17, 15) is 8.78 Å². The number of hydrogen-bond donors (Lipinski definition) is 1. The van der Waals surface area contributed by atoms with E-state index in [0.717, 1.165) is 5.56 Å². The zero-order chi connectivity index (χ0) is 12.7. The van der Waals surface area contributed by atoms with Crippen molar-refractivity contribution in [2.24, 2.45) is 11.1 Å². The van der Waals surface area contributed by atoms with Gasteiger partial charge in [-0.1, -0.05) is 44.2 Å². The molecule has 0 spiro atoms. The quantitative estimate of drug-likeness (QED) is 0.860. The molecule has 1 nitrogen and oxygen atoms in total. The van der Waals surface area contributed by atoms with E-state index in [4.69, 9.17) is 5.73 Å². The van der Waals surface area contributed by atoms with Crippen LogP contribution < -0.4 is 5.73 Å². The molecule has 1 aliphatic carbocycles. The van der Waals surface area contributed by atoms with Crippen molar-refractivity contribution in [2.75, 3.05) is 6.54 Å². The van der Waals surface area contributed by atoms with E-state index < -0.39 is 11.3 Å². The normalized spacial score (nSPS) is 21.9. The molecular formula is C14H19F2N. The van der Waals surface area contributed by atoms with Crippen LogP contribution in [0.5, 0.6) is 0 Å². The van der Waals surface area contributed by atoms with Gasteiger partial charge in [0.2, 0.25) is 5.92 Å². The van der Waals surface area contributed by atoms with Crippen molar-refractivity contribution >= 4 is 0 Å². The second-order valence-corrected chi connectivity index (χ2v) is 5.68. The Hall–Kier alpha value is -0.960. The maximum absolute atomic E-state index is 13.2. The van der Waals surface area contributed by atoms with E-state index in [-0.39, 0.29) is 18.3 Å². The third-order valence-electron chi connectivity index (χ3n) is 4.41. The van der Waals surface area contributed by atoms with Gasteiger partial charge in [-0.25, -0.2) is 8.78 Å². The average Bonchev–Trinajstić information content (AvgIpc) is 2.26. The van der Waals surface area contributed by atoms with Crippen LogP contribution in [0.2, 0.25) is 0 Å². The predicted octanol–water partition coefficient (Wildman–Crippen LogP) is 3.34. The van der Waals surface area contributed by atoms with Gasteiger partial charge in [-0.05, 0) is 17.5 Å². The lowest BCUT2D eigenvalue weighted by Gasteiger charge is -2.56. The number of rotatable bonds is 3. The summed E-state index contributed by atoms with van der Waals surface area (Å²) in [7, 11) is 0. The van der Waals surface area contributed by atoms with E-state index in [2.05, 4.69) is 0 Å². The largest absolute Gasteiger partial charge is 0.330 e. The SMILES string of the molecule is CC(C)(c1ccccc1)C1(CN)CC(F)(F)C1. The number of benzene rings is 1. The number of halogens is 2. The van der Waals surface area contributed by atoms with Crippen molar-refractivity contribution < 1.29 is 8.78 Å². The highest BCUT2D eigenvalue weighted by molar-refractivity contribution is 5.29. The molecule has 0 unspecified atom stereocenters. The van der Waals surface area contributed by atoms with E-state index in [0.29, 0.717) is 6.54 Å². The summed E-state index contributed by atoms with van der Waals surface area (Å²) in [5, 5.41) is 0. The summed E-state index contributed by atoms with van der Waals surface area (Å²) in [6.07, 6.45) is -0.198. The topological polar surface area (TPSA) is 26.0 Å². The van der Waals surface area contributed by atoms with Crippen LogP contribution in [0, 0.1) is 5.41 Å². The zero-order valence-corrected chi connectivity index (χ0v) is 10.3. The van der Waals surface area contributed by atoms with Crippen LogP contribution in [0.15, 0.2) is 30.3 Å². The van der Waals surface area contributed by atoms with Gasteiger partial charge in [0.05, 0.1) is 0 Å². The van der Waals surface area contributed by atoms with Crippen molar-refractivity contribution in [3.05, 3.63) is 35.9 Å². The third-order valence-corrected chi connectivity index (χ3v) is 4.41. The second-order valence-electron chi connectivity index (χ2n) is 5.68. The summed E-state index contributed by atoms with van der Waals surface area (Å²) in [5.41, 5.74) is 6.08. The summed E-state index contributed by atoms with van der Waals surface area (Å²) in [6.45, 7) is 4.35. The van der Waals surface area contributed by atoms with Crippen LogP contribution in [0.3, 0.4) is 0 Å². The average molecular weight is 239 g/mol. The van der Waals surface area contributed by atoms with E-state index in [1.165, 1.54) is 0 Å². The smallest absolute Gasteiger partial charge is 0.249 e. The Balaban J connectivity index is 2.32. The lowest BCUT2D eigenvalue weighted by atomic mass is 9.51. The summed E-state index contributed by atoms with van der Waals surface area (Å²) in [6, 6.07) is 9.81. The molecule has 2 rings (SSSR count). The monoisotopic (exact) mass is 239 g/mol. The second kappa shape index (κ2) is 3.77. The fourth-order valence-corrected chi connectivity index (χ4v) is 2.94. The standard InChI is InChI=1S/C14H19F2N/c1-12(2,11-6-4-3-5-7-11)13(10-17)8-14(15,16)9-13/h3-7H,8-10,17H2,1-2H3. The molecule has 0 bridgehead atoms. The van der Waals surface area contributed by atoms with Crippen LogP contribution in [0.1, 0.15) is 32.3 Å². The molecule has 0 aliphatic heterocycles. The van der Waals surface area contributed by atoms with Gasteiger partial charge in [-0.2, -0.15) is 0 Å². The molecule has 0 amide bonds. The highest BCUT2D eigenvalue weighted by atomic mass is 19.3. The molecule has 94 valence electrons. The molecule has 0 saturated heterocycles. The minimum absolute atomic E-state index is 0.0988. The molecule has 0 heterocycles. The molecule has 0 radical (unpaired) electrons. The van der Waals surface area contributed by atoms with Crippen molar-refractivity contribution in [2.45, 2.75) is 38.0 Å². The van der Waals surface area contributed by atoms with Crippen LogP contribution in [0.25, 0.3) is 0 Å². The zero-order valence-electron chi connectivity index (χ0n) is 10.3. The number of alkyl halides is 2. The van der Waals surface area contributed by atoms with Crippen LogP contribution in [-0.2, 0) is 5.41 Å². The highest BCUT2D eigenvalue weighted by Gasteiger charge is 2.62. The van der Waals surface area contributed by atoms with Gasteiger partial charge in [-0.15, -0.1) is 0 Å². The molecule has 1 saturated carbocycles. The summed E-state index contributed by atoms with van der Waals surface area (Å²) in [4.78, 5) is 0. The molecule has 2 N–H and O–H groups in total. The Labute approximate surface area is 101 Å². The van der Waals surface area contributed by atoms with Gasteiger partial charge < -0.3 is 5.73 Å². The summed E-state index contributed by atoms with van der Waals surface area (Å²) >= 11 is 0. The Morgan fingerprint density at radius 2 is 1.71 bits per heavy atom. The molecule has 17 heavy (non-hydrogen) atoms. The minimum atomic E-state index is -2.54. The molecule has 1 aromatic rings. The van der Waals surface area contributed by atoms with Crippen molar-refractivity contribution in [3.8, 4) is 0 Å². The van der Waals surface area contributed by atoms with E-state index in [1.54, 1.807) is 0 Å². The maximum Gasteiger partial charge on any atom is 0.249 e. The number of hydrogen-bond acceptors (Lipinski definition) is 1. The van der Waals surface area contributed by atoms with Crippen LogP contribution in [0.4, 0.5) is 8.78 Å². The Morgan fingerprint density at radius 3 is 2.12 bits per heavy atom. The molecule has 1 fully saturated rings. The molecule has 1 aromatic carbocycles. The first-order chi connectivity index (χ1) is 7.83. The molecule has 0 aromatic heterocycles. The number of nitrogens with two attached hydrogens (primary N) is 1. The molecule has 1 aliphatic rings. The lowest BCUT2D eigenvalue weighted by Crippen LogP contribution is -2.59. The van der Waals surface area contributed by atoms with Crippen LogP contribution in [-0.4, -0.2) is 12.5 Å². The predicted molar refractivity (Wildman–Crippen MR) is 65.1 cm³/mol. The first kappa shape index (κ1) is 12.5. The summed E-state index contributed by atoms with van der Waals surface area (Å²) in [5.74, 6) is -2.54. The van der Waals surface area contributed by atoms with Crippen molar-refractivity contribution in [3.63, 3.8) is 0 Å². The lowest BCUT2D eigenvalue weighted by molar-refractivity contribution is -0.182. The van der Waals surface area contributed by atoms with Gasteiger partial charge in [-0.3, -0.25) is 0 Å². The van der Waals surface area contributed by atoms with Gasteiger partial charge in [0.25, 0.3) is 0 Å². The van der Waals surface area contributed by atoms with Crippen LogP contribution >= 0.6 is 0 Å². The third kappa shape index (κ3) is 1.86. The Kier molecular flexibility index (Phi) is 2.77. The molecule has 3 heteroatoms. The van der Waals surface area contributed by atoms with Gasteiger partial charge in [0.15, 0.2) is 0 Å². The Bertz CT molecular complexity index is 390. The highest BCUT2D eigenvalue weighted by Crippen LogP contribution is 2.60. The fourth-order valence-electron chi connectivity index (χ4n) is 2.94. The fraction of sp³-hybridized carbons (Fsp3) is 0.571. The summed E-state index contributed by atoms with van der Waals surface area (Å²) < 4.78 is 26.4. The molecule has 0 atom stereocenters. The first-order valence-corrected chi connectivity index (χ1v) is 5.96. The van der Waals surface area contributed by atoms with Gasteiger partial charge in [0.1, 0.15) is 0 Å². The Morgan fingerprint density at radius 1 is 1.18 bits per heavy atom. The first-order valence-electron chi connectivity index (χ1n) is 5.96. The van der Waals surface area contributed by atoms with Crippen molar-refractivity contribution in [1.29, 1.82) is 0 Å². The van der Waals surface area contributed by atoms with E-state index in [1.807, 2.05) is 44.2 Å². The molecular weight excluding hydrogens is 220 g/mol. The van der Waals surface area contributed by atoms with E-state index >= 15 is 0 Å².